The van der Waals surface area contributed by atoms with Crippen molar-refractivity contribution >= 4 is 0 Å². The van der Waals surface area contributed by atoms with Crippen LogP contribution in [0.25, 0.3) is 0 Å². The van der Waals surface area contributed by atoms with Gasteiger partial charge in [0, 0.05) is 13.2 Å². The molecule has 1 heterocycles. The van der Waals surface area contributed by atoms with E-state index in [1.807, 2.05) is 6.92 Å². The van der Waals surface area contributed by atoms with E-state index >= 15 is 0 Å². The summed E-state index contributed by atoms with van der Waals surface area (Å²) >= 11 is 0. The van der Waals surface area contributed by atoms with Crippen molar-refractivity contribution in [3.63, 3.8) is 0 Å². The van der Waals surface area contributed by atoms with Crippen LogP contribution >= 0.6 is 0 Å². The fourth-order valence-electron chi connectivity index (χ4n) is 1.20. The van der Waals surface area contributed by atoms with Gasteiger partial charge in [0.25, 0.3) is 0 Å². The summed E-state index contributed by atoms with van der Waals surface area (Å²) in [6.07, 6.45) is 2.15. The van der Waals surface area contributed by atoms with Crippen LogP contribution in [0.4, 0.5) is 0 Å². The van der Waals surface area contributed by atoms with Crippen molar-refractivity contribution in [1.29, 1.82) is 0 Å². The van der Waals surface area contributed by atoms with E-state index in [-0.39, 0.29) is 5.69 Å². The second-order valence-corrected chi connectivity index (χ2v) is 3.10. The lowest BCUT2D eigenvalue weighted by atomic mass is 10.4. The molecule has 14 heavy (non-hydrogen) atoms. The van der Waals surface area contributed by atoms with Crippen molar-refractivity contribution < 1.29 is 4.74 Å². The third-order valence-electron chi connectivity index (χ3n) is 2.03. The number of nitrogens with zero attached hydrogens (tertiary/aromatic N) is 2. The normalized spacial score (nSPS) is 10.7. The van der Waals surface area contributed by atoms with E-state index in [0.29, 0.717) is 19.0 Å². The van der Waals surface area contributed by atoms with Gasteiger partial charge < -0.3 is 4.74 Å². The number of hydrogen-bond donors (Lipinski definition) is 1. The predicted octanol–water partition coefficient (Wildman–Crippen LogP) is 0.908. The molecule has 0 spiro atoms. The minimum Gasteiger partial charge on any atom is -0.373 e. The first-order valence-electron chi connectivity index (χ1n) is 5.01. The average Bonchev–Trinajstić information content (AvgIpc) is 2.54. The van der Waals surface area contributed by atoms with E-state index in [9.17, 15) is 4.79 Å². The van der Waals surface area contributed by atoms with E-state index in [2.05, 4.69) is 17.1 Å². The van der Waals surface area contributed by atoms with Crippen LogP contribution in [-0.2, 0) is 17.9 Å². The van der Waals surface area contributed by atoms with Crippen LogP contribution in [0.15, 0.2) is 4.79 Å². The Labute approximate surface area is 83.1 Å². The predicted molar refractivity (Wildman–Crippen MR) is 53.1 cm³/mol. The van der Waals surface area contributed by atoms with Crippen molar-refractivity contribution in [3.8, 4) is 0 Å². The van der Waals surface area contributed by atoms with Gasteiger partial charge in [-0.25, -0.2) is 9.89 Å². The van der Waals surface area contributed by atoms with Crippen molar-refractivity contribution in [2.75, 3.05) is 6.61 Å². The van der Waals surface area contributed by atoms with E-state index < -0.39 is 0 Å². The summed E-state index contributed by atoms with van der Waals surface area (Å²) in [6, 6.07) is 0. The van der Waals surface area contributed by atoms with Gasteiger partial charge in [0.2, 0.25) is 0 Å². The summed E-state index contributed by atoms with van der Waals surface area (Å²) in [7, 11) is 0. The minimum absolute atomic E-state index is 0.165. The van der Waals surface area contributed by atoms with Crippen LogP contribution in [0.2, 0.25) is 0 Å². The summed E-state index contributed by atoms with van der Waals surface area (Å²) in [6.45, 7) is 5.78. The molecule has 5 nitrogen and oxygen atoms in total. The maximum absolute atomic E-state index is 11.1. The van der Waals surface area contributed by atoms with Gasteiger partial charge in [0.05, 0.1) is 0 Å². The molecule has 0 aliphatic heterocycles. The van der Waals surface area contributed by atoms with Crippen LogP contribution in [0.1, 0.15) is 32.5 Å². The van der Waals surface area contributed by atoms with Gasteiger partial charge in [-0.2, -0.15) is 5.10 Å². The number of hydrogen-bond acceptors (Lipinski definition) is 3. The topological polar surface area (TPSA) is 59.9 Å². The molecule has 0 aliphatic rings. The monoisotopic (exact) mass is 199 g/mol. The van der Waals surface area contributed by atoms with E-state index in [4.69, 9.17) is 4.74 Å². The lowest BCUT2D eigenvalue weighted by Gasteiger charge is -2.03. The Balaban J connectivity index is 2.46. The van der Waals surface area contributed by atoms with Crippen molar-refractivity contribution in [1.82, 2.24) is 14.8 Å². The molecule has 0 bridgehead atoms. The smallest absolute Gasteiger partial charge is 0.343 e. The Kier molecular flexibility index (Phi) is 4.39. The molecule has 0 aromatic carbocycles. The standard InChI is InChI=1S/C9H17N3O2/c1-3-5-6-14-7-8-10-11-9(13)12(8)4-2/h3-7H2,1-2H3,(H,11,13). The quantitative estimate of drug-likeness (QED) is 0.693. The van der Waals surface area contributed by atoms with Crippen molar-refractivity contribution in [2.45, 2.75) is 39.8 Å². The molecule has 1 rings (SSSR count). The van der Waals surface area contributed by atoms with Crippen molar-refractivity contribution in [3.05, 3.63) is 16.3 Å². The number of unbranched alkanes of at least 4 members (excludes halogenated alkanes) is 1. The molecule has 0 amide bonds. The highest BCUT2D eigenvalue weighted by Gasteiger charge is 2.05. The highest BCUT2D eigenvalue weighted by molar-refractivity contribution is 4.82. The highest BCUT2D eigenvalue weighted by atomic mass is 16.5. The van der Waals surface area contributed by atoms with E-state index in [1.54, 1.807) is 4.57 Å². The first-order valence-corrected chi connectivity index (χ1v) is 5.01. The van der Waals surface area contributed by atoms with E-state index in [0.717, 1.165) is 19.4 Å². The van der Waals surface area contributed by atoms with Gasteiger partial charge in [0.1, 0.15) is 6.61 Å². The number of H-pyrrole nitrogens is 1. The summed E-state index contributed by atoms with van der Waals surface area (Å²) < 4.78 is 6.95. The number of rotatable bonds is 6. The molecular formula is C9H17N3O2. The van der Waals surface area contributed by atoms with Crippen LogP contribution < -0.4 is 5.69 Å². The number of aromatic nitrogens is 3. The lowest BCUT2D eigenvalue weighted by molar-refractivity contribution is 0.110. The van der Waals surface area contributed by atoms with Gasteiger partial charge in [-0.15, -0.1) is 0 Å². The van der Waals surface area contributed by atoms with Gasteiger partial charge in [-0.3, -0.25) is 4.57 Å². The summed E-state index contributed by atoms with van der Waals surface area (Å²) in [4.78, 5) is 11.1. The van der Waals surface area contributed by atoms with Gasteiger partial charge in [-0.05, 0) is 13.3 Å². The molecule has 0 unspecified atom stereocenters. The first-order chi connectivity index (χ1) is 6.79. The summed E-state index contributed by atoms with van der Waals surface area (Å²) in [5.74, 6) is 0.675. The Morgan fingerprint density at radius 3 is 2.93 bits per heavy atom. The first kappa shape index (κ1) is 11.0. The zero-order valence-corrected chi connectivity index (χ0v) is 8.75. The van der Waals surface area contributed by atoms with E-state index in [1.165, 1.54) is 0 Å². The molecule has 1 N–H and O–H groups in total. The zero-order valence-electron chi connectivity index (χ0n) is 8.75. The molecule has 5 heteroatoms. The highest BCUT2D eigenvalue weighted by Crippen LogP contribution is 1.96. The molecule has 0 aliphatic carbocycles. The van der Waals surface area contributed by atoms with Crippen LogP contribution in [-0.4, -0.2) is 21.4 Å². The van der Waals surface area contributed by atoms with Crippen molar-refractivity contribution in [2.24, 2.45) is 0 Å². The third kappa shape index (κ3) is 2.70. The Hall–Kier alpha value is -1.10. The lowest BCUT2D eigenvalue weighted by Crippen LogP contribution is -2.18. The second kappa shape index (κ2) is 5.59. The van der Waals surface area contributed by atoms with Crippen LogP contribution in [0, 0.1) is 0 Å². The molecule has 1 aromatic heterocycles. The minimum atomic E-state index is -0.165. The van der Waals surface area contributed by atoms with Crippen LogP contribution in [0.3, 0.4) is 0 Å². The molecular weight excluding hydrogens is 182 g/mol. The number of aromatic amines is 1. The molecule has 0 saturated heterocycles. The Morgan fingerprint density at radius 1 is 1.50 bits per heavy atom. The number of ether oxygens (including phenoxy) is 1. The average molecular weight is 199 g/mol. The maximum atomic E-state index is 11.1. The molecule has 0 fully saturated rings. The van der Waals surface area contributed by atoms with Crippen LogP contribution in [0.5, 0.6) is 0 Å². The summed E-state index contributed by atoms with van der Waals surface area (Å²) in [5.41, 5.74) is -0.165. The fraction of sp³-hybridized carbons (Fsp3) is 0.778. The SMILES string of the molecule is CCCCOCc1n[nH]c(=O)n1CC. The molecule has 0 atom stereocenters. The van der Waals surface area contributed by atoms with Gasteiger partial charge in [-0.1, -0.05) is 13.3 Å². The molecule has 80 valence electrons. The largest absolute Gasteiger partial charge is 0.373 e. The maximum Gasteiger partial charge on any atom is 0.343 e. The Bertz CT molecular complexity index is 316. The summed E-state index contributed by atoms with van der Waals surface area (Å²) in [5, 5.41) is 6.29. The third-order valence-corrected chi connectivity index (χ3v) is 2.03. The number of nitrogens with one attached hydrogen (secondary N) is 1. The Morgan fingerprint density at radius 2 is 2.29 bits per heavy atom. The molecule has 0 saturated carbocycles. The van der Waals surface area contributed by atoms with Gasteiger partial charge in [0.15, 0.2) is 5.82 Å². The second-order valence-electron chi connectivity index (χ2n) is 3.10. The zero-order chi connectivity index (χ0) is 10.4. The molecule has 1 aromatic rings. The van der Waals surface area contributed by atoms with Gasteiger partial charge >= 0.3 is 5.69 Å². The molecule has 0 radical (unpaired) electrons. The fourth-order valence-corrected chi connectivity index (χ4v) is 1.20.